The Bertz CT molecular complexity index is 779. The van der Waals surface area contributed by atoms with Crippen LogP contribution in [-0.4, -0.2) is 25.4 Å². The number of rotatable bonds is 3. The van der Waals surface area contributed by atoms with E-state index in [1.165, 1.54) is 6.33 Å². The molecule has 0 atom stereocenters. The fourth-order valence-electron chi connectivity index (χ4n) is 2.09. The molecule has 3 rings (SSSR count). The van der Waals surface area contributed by atoms with Crippen molar-refractivity contribution in [3.8, 4) is 0 Å². The molecule has 0 unspecified atom stereocenters. The van der Waals surface area contributed by atoms with Gasteiger partial charge in [-0.1, -0.05) is 18.2 Å². The summed E-state index contributed by atoms with van der Waals surface area (Å²) in [7, 11) is 0. The highest BCUT2D eigenvalue weighted by Crippen LogP contribution is 2.20. The molecule has 6 heteroatoms. The topological polar surface area (TPSA) is 72.7 Å². The van der Waals surface area contributed by atoms with Crippen molar-refractivity contribution in [2.45, 2.75) is 19.9 Å². The van der Waals surface area contributed by atoms with Gasteiger partial charge in [0.25, 0.3) is 5.91 Å². The lowest BCUT2D eigenvalue weighted by molar-refractivity contribution is 0.102. The summed E-state index contributed by atoms with van der Waals surface area (Å²) >= 11 is 0. The molecule has 0 saturated heterocycles. The lowest BCUT2D eigenvalue weighted by Crippen LogP contribution is -2.13. The fourth-order valence-corrected chi connectivity index (χ4v) is 2.09. The quantitative estimate of drug-likeness (QED) is 0.801. The minimum absolute atomic E-state index is 0.213. The van der Waals surface area contributed by atoms with E-state index in [-0.39, 0.29) is 11.9 Å². The van der Waals surface area contributed by atoms with Gasteiger partial charge in [0.2, 0.25) is 0 Å². The number of hydrogen-bond donors (Lipinski definition) is 1. The van der Waals surface area contributed by atoms with Crippen LogP contribution in [0, 0.1) is 0 Å². The van der Waals surface area contributed by atoms with Crippen molar-refractivity contribution in [1.29, 1.82) is 0 Å². The van der Waals surface area contributed by atoms with Crippen LogP contribution in [0.25, 0.3) is 11.2 Å². The molecule has 0 aliphatic heterocycles. The summed E-state index contributed by atoms with van der Waals surface area (Å²) in [6.45, 7) is 4.09. The van der Waals surface area contributed by atoms with Crippen molar-refractivity contribution in [1.82, 2.24) is 19.5 Å². The molecule has 0 bridgehead atoms. The van der Waals surface area contributed by atoms with Gasteiger partial charge < -0.3 is 9.88 Å². The number of anilines is 1. The van der Waals surface area contributed by atoms with Gasteiger partial charge in [-0.05, 0) is 26.0 Å². The first-order valence-electron chi connectivity index (χ1n) is 6.70. The third-order valence-electron chi connectivity index (χ3n) is 3.18. The van der Waals surface area contributed by atoms with Crippen LogP contribution in [0.4, 0.5) is 5.82 Å². The number of aromatic nitrogens is 4. The average Bonchev–Trinajstić information content (AvgIpc) is 2.93. The van der Waals surface area contributed by atoms with Gasteiger partial charge in [0.05, 0.1) is 6.33 Å². The third-order valence-corrected chi connectivity index (χ3v) is 3.18. The van der Waals surface area contributed by atoms with Gasteiger partial charge in [-0.25, -0.2) is 15.0 Å². The van der Waals surface area contributed by atoms with E-state index in [9.17, 15) is 4.79 Å². The van der Waals surface area contributed by atoms with Gasteiger partial charge in [-0.15, -0.1) is 0 Å². The molecule has 1 aromatic carbocycles. The van der Waals surface area contributed by atoms with Gasteiger partial charge in [-0.2, -0.15) is 0 Å². The molecule has 2 aromatic heterocycles. The number of benzene rings is 1. The Morgan fingerprint density at radius 3 is 2.62 bits per heavy atom. The summed E-state index contributed by atoms with van der Waals surface area (Å²) < 4.78 is 1.94. The van der Waals surface area contributed by atoms with Gasteiger partial charge >= 0.3 is 0 Å². The van der Waals surface area contributed by atoms with Crippen molar-refractivity contribution in [3.63, 3.8) is 0 Å². The molecule has 0 radical (unpaired) electrons. The van der Waals surface area contributed by atoms with Crippen LogP contribution in [0.3, 0.4) is 0 Å². The lowest BCUT2D eigenvalue weighted by Gasteiger charge is -2.08. The van der Waals surface area contributed by atoms with E-state index in [4.69, 9.17) is 0 Å². The van der Waals surface area contributed by atoms with E-state index < -0.39 is 0 Å². The maximum atomic E-state index is 12.2. The summed E-state index contributed by atoms with van der Waals surface area (Å²) in [6.07, 6.45) is 3.14. The largest absolute Gasteiger partial charge is 0.313 e. The highest BCUT2D eigenvalue weighted by Gasteiger charge is 2.14. The molecule has 106 valence electrons. The van der Waals surface area contributed by atoms with E-state index in [1.807, 2.05) is 36.6 Å². The minimum Gasteiger partial charge on any atom is -0.313 e. The van der Waals surface area contributed by atoms with Crippen molar-refractivity contribution in [2.75, 3.05) is 5.32 Å². The zero-order chi connectivity index (χ0) is 14.8. The van der Waals surface area contributed by atoms with Crippen LogP contribution >= 0.6 is 0 Å². The summed E-state index contributed by atoms with van der Waals surface area (Å²) in [6, 6.07) is 9.24. The Morgan fingerprint density at radius 2 is 1.90 bits per heavy atom. The van der Waals surface area contributed by atoms with Crippen molar-refractivity contribution in [3.05, 3.63) is 48.5 Å². The summed E-state index contributed by atoms with van der Waals surface area (Å²) in [5, 5.41) is 2.79. The second-order valence-corrected chi connectivity index (χ2v) is 4.96. The van der Waals surface area contributed by atoms with Gasteiger partial charge in [0, 0.05) is 11.6 Å². The van der Waals surface area contributed by atoms with E-state index in [0.717, 1.165) is 0 Å². The monoisotopic (exact) mass is 281 g/mol. The van der Waals surface area contributed by atoms with Crippen LogP contribution in [0.15, 0.2) is 43.0 Å². The highest BCUT2D eigenvalue weighted by atomic mass is 16.1. The number of amides is 1. The number of fused-ring (bicyclic) bond motifs is 1. The van der Waals surface area contributed by atoms with E-state index in [2.05, 4.69) is 20.3 Å². The highest BCUT2D eigenvalue weighted by molar-refractivity contribution is 6.06. The Balaban J connectivity index is 1.96. The summed E-state index contributed by atoms with van der Waals surface area (Å²) in [5.74, 6) is 0.211. The van der Waals surface area contributed by atoms with E-state index in [1.54, 1.807) is 18.5 Å². The van der Waals surface area contributed by atoms with Crippen LogP contribution in [-0.2, 0) is 0 Å². The van der Waals surface area contributed by atoms with E-state index >= 15 is 0 Å². The normalized spacial score (nSPS) is 11.0. The SMILES string of the molecule is CC(C)n1cnc2c(NC(=O)c3ccccc3)ncnc21. The molecule has 3 aromatic rings. The Labute approximate surface area is 121 Å². The molecule has 2 heterocycles. The van der Waals surface area contributed by atoms with Crippen LogP contribution < -0.4 is 5.32 Å². The number of carbonyl (C=O) groups excluding carboxylic acids is 1. The first-order valence-corrected chi connectivity index (χ1v) is 6.70. The summed E-state index contributed by atoms with van der Waals surface area (Å²) in [5.41, 5.74) is 1.88. The molecule has 0 spiro atoms. The first kappa shape index (κ1) is 13.2. The van der Waals surface area contributed by atoms with Gasteiger partial charge in [-0.3, -0.25) is 4.79 Å². The standard InChI is InChI=1S/C15H15N5O/c1-10(2)20-9-18-12-13(16-8-17-14(12)20)19-15(21)11-6-4-3-5-7-11/h3-10H,1-2H3,(H,16,17,19,21). The molecule has 1 N–H and O–H groups in total. The fraction of sp³-hybridized carbons (Fsp3) is 0.200. The van der Waals surface area contributed by atoms with Crippen LogP contribution in [0.1, 0.15) is 30.2 Å². The molecular formula is C15H15N5O. The Hall–Kier alpha value is -2.76. The predicted octanol–water partition coefficient (Wildman–Crippen LogP) is 2.66. The average molecular weight is 281 g/mol. The molecule has 0 saturated carbocycles. The minimum atomic E-state index is -0.213. The van der Waals surface area contributed by atoms with Crippen LogP contribution in [0.5, 0.6) is 0 Å². The van der Waals surface area contributed by atoms with E-state index in [0.29, 0.717) is 22.5 Å². The second kappa shape index (κ2) is 5.32. The van der Waals surface area contributed by atoms with Gasteiger partial charge in [0.1, 0.15) is 6.33 Å². The second-order valence-electron chi connectivity index (χ2n) is 4.96. The number of carbonyl (C=O) groups is 1. The number of nitrogens with zero attached hydrogens (tertiary/aromatic N) is 4. The Kier molecular flexibility index (Phi) is 3.35. The molecule has 21 heavy (non-hydrogen) atoms. The van der Waals surface area contributed by atoms with Crippen molar-refractivity contribution < 1.29 is 4.79 Å². The molecule has 6 nitrogen and oxygen atoms in total. The van der Waals surface area contributed by atoms with Crippen molar-refractivity contribution in [2.24, 2.45) is 0 Å². The zero-order valence-electron chi connectivity index (χ0n) is 11.8. The van der Waals surface area contributed by atoms with Crippen LogP contribution in [0.2, 0.25) is 0 Å². The molecule has 0 aliphatic carbocycles. The molecule has 1 amide bonds. The molecular weight excluding hydrogens is 266 g/mol. The third kappa shape index (κ3) is 2.47. The first-order chi connectivity index (χ1) is 10.2. The van der Waals surface area contributed by atoms with Crippen molar-refractivity contribution >= 4 is 22.9 Å². The summed E-state index contributed by atoms with van der Waals surface area (Å²) in [4.78, 5) is 24.9. The number of imidazole rings is 1. The van der Waals surface area contributed by atoms with Gasteiger partial charge in [0.15, 0.2) is 17.0 Å². The number of nitrogens with one attached hydrogen (secondary N) is 1. The maximum Gasteiger partial charge on any atom is 0.256 e. The smallest absolute Gasteiger partial charge is 0.256 e. The number of hydrogen-bond acceptors (Lipinski definition) is 4. The predicted molar refractivity (Wildman–Crippen MR) is 80.1 cm³/mol. The Morgan fingerprint density at radius 1 is 1.14 bits per heavy atom. The zero-order valence-corrected chi connectivity index (χ0v) is 11.8. The molecule has 0 fully saturated rings. The molecule has 0 aliphatic rings. The lowest BCUT2D eigenvalue weighted by atomic mass is 10.2. The maximum absolute atomic E-state index is 12.2.